The van der Waals surface area contributed by atoms with Gasteiger partial charge in [0, 0.05) is 7.05 Å². The number of nitrogens with zero attached hydrogens (tertiary/aromatic N) is 6. The average molecular weight is 376 g/mol. The summed E-state index contributed by atoms with van der Waals surface area (Å²) in [5, 5.41) is 14.9. The molecule has 1 N–H and O–H groups in total. The summed E-state index contributed by atoms with van der Waals surface area (Å²) in [4.78, 5) is 4.19. The second-order valence-corrected chi connectivity index (χ2v) is 6.50. The Morgan fingerprint density at radius 1 is 1.14 bits per heavy atom. The summed E-state index contributed by atoms with van der Waals surface area (Å²) in [6, 6.07) is 0. The van der Waals surface area contributed by atoms with Crippen LogP contribution in [0, 0.1) is 0 Å². The lowest BCUT2D eigenvalue weighted by Gasteiger charge is -2.08. The smallest absolute Gasteiger partial charge is 0.245 e. The molecule has 11 heteroatoms. The topological polar surface area (TPSA) is 116 Å². The lowest BCUT2D eigenvalue weighted by molar-refractivity contribution is 0.578. The van der Waals surface area contributed by atoms with Gasteiger partial charge in [-0.3, -0.25) is 0 Å². The number of hydrogen-bond acceptors (Lipinski definition) is 7. The van der Waals surface area contributed by atoms with Crippen LogP contribution in [0.15, 0.2) is 9.63 Å². The summed E-state index contributed by atoms with van der Waals surface area (Å²) in [5.41, 5.74) is 1.47. The van der Waals surface area contributed by atoms with E-state index in [0.717, 1.165) is 10.4 Å². The molecule has 0 aliphatic carbocycles. The molecule has 114 valence electrons. The molecule has 0 aliphatic rings. The third-order valence-electron chi connectivity index (χ3n) is 2.73. The molecule has 2 rings (SSSR count). The molecule has 0 spiro atoms. The van der Waals surface area contributed by atoms with Crippen molar-refractivity contribution in [2.45, 2.75) is 31.7 Å². The van der Waals surface area contributed by atoms with Gasteiger partial charge in [0.1, 0.15) is 0 Å². The van der Waals surface area contributed by atoms with Crippen LogP contribution in [0.5, 0.6) is 0 Å². The molecule has 0 saturated carbocycles. The number of hydrogen-bond donors (Lipinski definition) is 1. The SMILES string of the molecule is CCc1nnc(NS(=O)(=O)c2c(Br)nnn2C)nc1CC. The number of halogens is 1. The van der Waals surface area contributed by atoms with Crippen molar-refractivity contribution in [3.8, 4) is 0 Å². The minimum Gasteiger partial charge on any atom is -0.245 e. The molecule has 21 heavy (non-hydrogen) atoms. The predicted octanol–water partition coefficient (Wildman–Crippen LogP) is 0.688. The third kappa shape index (κ3) is 3.18. The molecule has 0 aliphatic heterocycles. The highest BCUT2D eigenvalue weighted by molar-refractivity contribution is 9.10. The van der Waals surface area contributed by atoms with Gasteiger partial charge in [0.15, 0.2) is 4.60 Å². The number of rotatable bonds is 5. The second-order valence-electron chi connectivity index (χ2n) is 4.15. The predicted molar refractivity (Wildman–Crippen MR) is 78.1 cm³/mol. The molecule has 9 nitrogen and oxygen atoms in total. The average Bonchev–Trinajstić information content (AvgIpc) is 2.78. The maximum absolute atomic E-state index is 12.3. The van der Waals surface area contributed by atoms with E-state index in [1.54, 1.807) is 0 Å². The number of nitrogens with one attached hydrogen (secondary N) is 1. The number of sulfonamides is 1. The minimum atomic E-state index is -3.90. The van der Waals surface area contributed by atoms with Gasteiger partial charge in [-0.15, -0.1) is 15.3 Å². The Bertz CT molecular complexity index is 739. The summed E-state index contributed by atoms with van der Waals surface area (Å²) in [7, 11) is -2.42. The van der Waals surface area contributed by atoms with E-state index in [2.05, 4.69) is 46.1 Å². The van der Waals surface area contributed by atoms with Crippen LogP contribution < -0.4 is 4.72 Å². The standard InChI is InChI=1S/C10H14BrN7O2S/c1-4-6-7(5-2)13-15-10(12-6)16-21(19,20)9-8(11)14-17-18(9)3/h4-5H2,1-3H3,(H,12,15,16). The molecule has 0 atom stereocenters. The summed E-state index contributed by atoms with van der Waals surface area (Å²) in [5.74, 6) is -0.0721. The Hall–Kier alpha value is -1.62. The lowest BCUT2D eigenvalue weighted by Crippen LogP contribution is -2.20. The van der Waals surface area contributed by atoms with Gasteiger partial charge in [0.2, 0.25) is 5.03 Å². The van der Waals surface area contributed by atoms with Gasteiger partial charge in [-0.2, -0.15) is 8.42 Å². The molecule has 0 saturated heterocycles. The molecule has 2 aromatic heterocycles. The van der Waals surface area contributed by atoms with Crippen LogP contribution in [-0.2, 0) is 29.9 Å². The maximum Gasteiger partial charge on any atom is 0.284 e. The van der Waals surface area contributed by atoms with Crippen molar-refractivity contribution in [2.75, 3.05) is 4.72 Å². The normalized spacial score (nSPS) is 11.6. The molecule has 0 radical (unpaired) electrons. The van der Waals surface area contributed by atoms with E-state index in [-0.39, 0.29) is 15.6 Å². The highest BCUT2D eigenvalue weighted by Gasteiger charge is 2.25. The summed E-state index contributed by atoms with van der Waals surface area (Å²) in [6.07, 6.45) is 1.33. The van der Waals surface area contributed by atoms with Crippen LogP contribution in [-0.4, -0.2) is 38.6 Å². The molecule has 0 unspecified atom stereocenters. The van der Waals surface area contributed by atoms with Crippen molar-refractivity contribution in [3.63, 3.8) is 0 Å². The van der Waals surface area contributed by atoms with E-state index in [1.165, 1.54) is 7.05 Å². The van der Waals surface area contributed by atoms with Crippen molar-refractivity contribution in [2.24, 2.45) is 7.05 Å². The van der Waals surface area contributed by atoms with Crippen LogP contribution in [0.2, 0.25) is 0 Å². The van der Waals surface area contributed by atoms with E-state index < -0.39 is 10.0 Å². The van der Waals surface area contributed by atoms with Crippen LogP contribution in [0.3, 0.4) is 0 Å². The third-order valence-corrected chi connectivity index (χ3v) is 4.94. The fourth-order valence-electron chi connectivity index (χ4n) is 1.76. The van der Waals surface area contributed by atoms with Crippen molar-refractivity contribution in [1.82, 2.24) is 30.2 Å². The Morgan fingerprint density at radius 2 is 1.81 bits per heavy atom. The number of anilines is 1. The van der Waals surface area contributed by atoms with E-state index in [4.69, 9.17) is 0 Å². The first-order valence-corrected chi connectivity index (χ1v) is 8.47. The van der Waals surface area contributed by atoms with Gasteiger partial charge in [-0.05, 0) is 28.8 Å². The van der Waals surface area contributed by atoms with Gasteiger partial charge in [-0.1, -0.05) is 19.1 Å². The quantitative estimate of drug-likeness (QED) is 0.816. The fourth-order valence-corrected chi connectivity index (χ4v) is 3.80. The largest absolute Gasteiger partial charge is 0.284 e. The number of aromatic nitrogens is 6. The monoisotopic (exact) mass is 375 g/mol. The molecule has 2 aromatic rings. The maximum atomic E-state index is 12.3. The zero-order valence-corrected chi connectivity index (χ0v) is 14.1. The lowest BCUT2D eigenvalue weighted by atomic mass is 10.2. The summed E-state index contributed by atoms with van der Waals surface area (Å²) in [6.45, 7) is 3.86. The zero-order valence-electron chi connectivity index (χ0n) is 11.7. The Morgan fingerprint density at radius 3 is 2.33 bits per heavy atom. The highest BCUT2D eigenvalue weighted by atomic mass is 79.9. The molecule has 0 bridgehead atoms. The van der Waals surface area contributed by atoms with Gasteiger partial charge < -0.3 is 0 Å². The Balaban J connectivity index is 2.38. The highest BCUT2D eigenvalue weighted by Crippen LogP contribution is 2.20. The molecular weight excluding hydrogens is 362 g/mol. The first-order valence-electron chi connectivity index (χ1n) is 6.19. The Labute approximate surface area is 130 Å². The van der Waals surface area contributed by atoms with E-state index in [9.17, 15) is 8.42 Å². The molecule has 2 heterocycles. The van der Waals surface area contributed by atoms with Crippen molar-refractivity contribution < 1.29 is 8.42 Å². The first-order chi connectivity index (χ1) is 9.89. The molecule has 0 aromatic carbocycles. The van der Waals surface area contributed by atoms with E-state index in [0.29, 0.717) is 18.5 Å². The van der Waals surface area contributed by atoms with Gasteiger partial charge in [0.25, 0.3) is 16.0 Å². The summed E-state index contributed by atoms with van der Waals surface area (Å²) >= 11 is 3.05. The van der Waals surface area contributed by atoms with E-state index in [1.807, 2.05) is 13.8 Å². The first kappa shape index (κ1) is 15.8. The Kier molecular flexibility index (Phi) is 4.52. The van der Waals surface area contributed by atoms with Gasteiger partial charge >= 0.3 is 0 Å². The second kappa shape index (κ2) is 6.02. The van der Waals surface area contributed by atoms with Crippen molar-refractivity contribution >= 4 is 31.9 Å². The van der Waals surface area contributed by atoms with Crippen molar-refractivity contribution in [1.29, 1.82) is 0 Å². The molecule has 0 amide bonds. The number of aryl methyl sites for hydroxylation is 3. The van der Waals surface area contributed by atoms with E-state index >= 15 is 0 Å². The van der Waals surface area contributed by atoms with Gasteiger partial charge in [-0.25, -0.2) is 14.4 Å². The van der Waals surface area contributed by atoms with Crippen LogP contribution >= 0.6 is 15.9 Å². The van der Waals surface area contributed by atoms with Gasteiger partial charge in [0.05, 0.1) is 11.4 Å². The minimum absolute atomic E-state index is 0.0721. The molecular formula is C10H14BrN7O2S. The van der Waals surface area contributed by atoms with Crippen molar-refractivity contribution in [3.05, 3.63) is 16.0 Å². The van der Waals surface area contributed by atoms with Crippen LogP contribution in [0.1, 0.15) is 25.2 Å². The van der Waals surface area contributed by atoms with Crippen LogP contribution in [0.4, 0.5) is 5.95 Å². The fraction of sp³-hybridized carbons (Fsp3) is 0.500. The molecule has 0 fully saturated rings. The zero-order chi connectivity index (χ0) is 15.6. The summed E-state index contributed by atoms with van der Waals surface area (Å²) < 4.78 is 28.2. The van der Waals surface area contributed by atoms with Crippen LogP contribution in [0.25, 0.3) is 0 Å².